The smallest absolute Gasteiger partial charge is 0.169 e. The number of fused-ring (bicyclic) bond motifs is 1. The van der Waals surface area contributed by atoms with Gasteiger partial charge in [-0.05, 0) is 35.7 Å². The molecule has 3 aromatic rings. The zero-order valence-electron chi connectivity index (χ0n) is 12.4. The van der Waals surface area contributed by atoms with E-state index in [2.05, 4.69) is 9.35 Å². The third kappa shape index (κ3) is 2.80. The highest BCUT2D eigenvalue weighted by Crippen LogP contribution is 2.26. The molecule has 0 fully saturated rings. The van der Waals surface area contributed by atoms with Crippen LogP contribution in [0.3, 0.4) is 0 Å². The first-order valence-corrected chi connectivity index (χ1v) is 8.72. The van der Waals surface area contributed by atoms with Gasteiger partial charge in [0.1, 0.15) is 5.75 Å². The summed E-state index contributed by atoms with van der Waals surface area (Å²) in [5.41, 5.74) is 0. The van der Waals surface area contributed by atoms with Crippen LogP contribution in [0.5, 0.6) is 5.75 Å². The molecule has 22 heavy (non-hydrogen) atoms. The van der Waals surface area contributed by atoms with Crippen LogP contribution < -0.4 is 4.74 Å². The van der Waals surface area contributed by atoms with E-state index in [1.165, 1.54) is 0 Å². The molecule has 1 unspecified atom stereocenters. The second-order valence-corrected chi connectivity index (χ2v) is 7.18. The number of hydrogen-bond acceptors (Lipinski definition) is 4. The Kier molecular flexibility index (Phi) is 3.81. The van der Waals surface area contributed by atoms with Crippen LogP contribution in [-0.2, 0) is 9.73 Å². The molecule has 0 aliphatic rings. The van der Waals surface area contributed by atoms with Crippen LogP contribution in [0.15, 0.2) is 70.1 Å². The lowest BCUT2D eigenvalue weighted by molar-refractivity contribution is 0.414. The summed E-state index contributed by atoms with van der Waals surface area (Å²) >= 11 is 0. The summed E-state index contributed by atoms with van der Waals surface area (Å²) < 4.78 is 22.5. The molecule has 5 heteroatoms. The quantitative estimate of drug-likeness (QED) is 0.733. The molecule has 0 spiro atoms. The topological polar surface area (TPSA) is 51.5 Å². The van der Waals surface area contributed by atoms with E-state index in [-0.39, 0.29) is 0 Å². The predicted octanol–water partition coefficient (Wildman–Crippen LogP) is 4.03. The summed E-state index contributed by atoms with van der Waals surface area (Å²) in [6.07, 6.45) is 3.31. The maximum atomic E-state index is 13.0. The standard InChI is InChI=1S/C17H16N2O2S/c1-21-14-7-9-15(10-8-14)22(2,20)19-17-16-6-4-3-5-13(16)11-12-18-17/h3-12H,1-2H3. The summed E-state index contributed by atoms with van der Waals surface area (Å²) in [7, 11) is -0.973. The van der Waals surface area contributed by atoms with Crippen molar-refractivity contribution in [3.05, 3.63) is 60.8 Å². The average Bonchev–Trinajstić information content (AvgIpc) is 2.55. The fraction of sp³-hybridized carbons (Fsp3) is 0.118. The number of ether oxygens (including phenoxy) is 1. The van der Waals surface area contributed by atoms with E-state index in [9.17, 15) is 4.21 Å². The molecule has 4 nitrogen and oxygen atoms in total. The Bertz CT molecular complexity index is 922. The van der Waals surface area contributed by atoms with Crippen molar-refractivity contribution in [1.82, 2.24) is 4.98 Å². The highest BCUT2D eigenvalue weighted by molar-refractivity contribution is 7.93. The molecule has 0 radical (unpaired) electrons. The van der Waals surface area contributed by atoms with Crippen molar-refractivity contribution >= 4 is 26.3 Å². The molecule has 0 saturated carbocycles. The fourth-order valence-corrected chi connectivity index (χ4v) is 3.44. The van der Waals surface area contributed by atoms with Crippen LogP contribution >= 0.6 is 0 Å². The number of pyridine rings is 1. The van der Waals surface area contributed by atoms with E-state index < -0.39 is 9.73 Å². The lowest BCUT2D eigenvalue weighted by Gasteiger charge is -2.07. The van der Waals surface area contributed by atoms with Gasteiger partial charge in [0.15, 0.2) is 5.82 Å². The zero-order chi connectivity index (χ0) is 15.6. The molecular formula is C17H16N2O2S. The molecule has 2 aromatic carbocycles. The first-order valence-electron chi connectivity index (χ1n) is 6.80. The summed E-state index contributed by atoms with van der Waals surface area (Å²) in [5, 5.41) is 1.93. The minimum Gasteiger partial charge on any atom is -0.497 e. The number of benzene rings is 2. The minimum atomic E-state index is -2.57. The van der Waals surface area contributed by atoms with Crippen molar-refractivity contribution in [2.75, 3.05) is 13.4 Å². The van der Waals surface area contributed by atoms with Crippen molar-refractivity contribution in [3.63, 3.8) is 0 Å². The Morgan fingerprint density at radius 3 is 2.50 bits per heavy atom. The second kappa shape index (κ2) is 5.77. The van der Waals surface area contributed by atoms with Gasteiger partial charge in [-0.25, -0.2) is 9.19 Å². The van der Waals surface area contributed by atoms with E-state index in [1.807, 2.05) is 30.3 Å². The van der Waals surface area contributed by atoms with Crippen molar-refractivity contribution in [3.8, 4) is 5.75 Å². The second-order valence-electron chi connectivity index (χ2n) is 4.93. The third-order valence-corrected chi connectivity index (χ3v) is 5.08. The van der Waals surface area contributed by atoms with Crippen LogP contribution in [0, 0.1) is 0 Å². The maximum Gasteiger partial charge on any atom is 0.169 e. The molecule has 3 rings (SSSR count). The van der Waals surface area contributed by atoms with E-state index in [0.717, 1.165) is 16.5 Å². The summed E-state index contributed by atoms with van der Waals surface area (Å²) in [4.78, 5) is 4.94. The summed E-state index contributed by atoms with van der Waals surface area (Å²) in [6.45, 7) is 0. The minimum absolute atomic E-state index is 0.501. The first kappa shape index (κ1) is 14.5. The Morgan fingerprint density at radius 2 is 1.77 bits per heavy atom. The largest absolute Gasteiger partial charge is 0.497 e. The lowest BCUT2D eigenvalue weighted by Crippen LogP contribution is -1.97. The average molecular weight is 312 g/mol. The monoisotopic (exact) mass is 312 g/mol. The van der Waals surface area contributed by atoms with Gasteiger partial charge in [0.2, 0.25) is 0 Å². The molecule has 0 N–H and O–H groups in total. The number of aromatic nitrogens is 1. The van der Waals surface area contributed by atoms with Crippen LogP contribution in [-0.4, -0.2) is 22.6 Å². The molecule has 0 bridgehead atoms. The van der Waals surface area contributed by atoms with Crippen molar-refractivity contribution in [1.29, 1.82) is 0 Å². The number of rotatable bonds is 3. The van der Waals surface area contributed by atoms with Crippen molar-refractivity contribution in [2.24, 2.45) is 4.36 Å². The van der Waals surface area contributed by atoms with Gasteiger partial charge in [0.25, 0.3) is 0 Å². The van der Waals surface area contributed by atoms with Crippen molar-refractivity contribution < 1.29 is 8.95 Å². The molecule has 1 heterocycles. The van der Waals surface area contributed by atoms with Gasteiger partial charge in [0, 0.05) is 22.7 Å². The number of nitrogens with zero attached hydrogens (tertiary/aromatic N) is 2. The van der Waals surface area contributed by atoms with Crippen LogP contribution in [0.2, 0.25) is 0 Å². The predicted molar refractivity (Wildman–Crippen MR) is 89.2 cm³/mol. The Labute approximate surface area is 130 Å². The molecule has 1 atom stereocenters. The van der Waals surface area contributed by atoms with Crippen molar-refractivity contribution in [2.45, 2.75) is 4.90 Å². The van der Waals surface area contributed by atoms with Crippen LogP contribution in [0.25, 0.3) is 10.8 Å². The SMILES string of the molecule is COc1ccc(S(C)(=O)=Nc2nccc3ccccc23)cc1. The van der Waals surface area contributed by atoms with E-state index >= 15 is 0 Å². The van der Waals surface area contributed by atoms with Crippen LogP contribution in [0.4, 0.5) is 5.82 Å². The Hall–Kier alpha value is -2.40. The Balaban J connectivity index is 2.13. The van der Waals surface area contributed by atoms with Gasteiger partial charge >= 0.3 is 0 Å². The summed E-state index contributed by atoms with van der Waals surface area (Å²) in [5.74, 6) is 1.23. The first-order chi connectivity index (χ1) is 10.6. The third-order valence-electron chi connectivity index (χ3n) is 3.41. The lowest BCUT2D eigenvalue weighted by atomic mass is 10.2. The molecule has 0 aliphatic heterocycles. The fourth-order valence-electron chi connectivity index (χ4n) is 2.22. The van der Waals surface area contributed by atoms with Gasteiger partial charge in [-0.2, -0.15) is 4.36 Å². The molecule has 0 aliphatic carbocycles. The van der Waals surface area contributed by atoms with Gasteiger partial charge in [-0.15, -0.1) is 0 Å². The number of methoxy groups -OCH3 is 1. The normalized spacial score (nSPS) is 13.5. The van der Waals surface area contributed by atoms with Gasteiger partial charge < -0.3 is 4.74 Å². The highest BCUT2D eigenvalue weighted by Gasteiger charge is 2.09. The molecule has 112 valence electrons. The summed E-state index contributed by atoms with van der Waals surface area (Å²) in [6, 6.07) is 16.8. The van der Waals surface area contributed by atoms with Gasteiger partial charge in [-0.3, -0.25) is 0 Å². The van der Waals surface area contributed by atoms with E-state index in [0.29, 0.717) is 10.7 Å². The Morgan fingerprint density at radius 1 is 1.05 bits per heavy atom. The van der Waals surface area contributed by atoms with Crippen LogP contribution in [0.1, 0.15) is 0 Å². The maximum absolute atomic E-state index is 13.0. The molecule has 1 aromatic heterocycles. The van der Waals surface area contributed by atoms with Gasteiger partial charge in [0.05, 0.1) is 16.8 Å². The van der Waals surface area contributed by atoms with E-state index in [1.54, 1.807) is 43.8 Å². The molecule has 0 saturated heterocycles. The zero-order valence-corrected chi connectivity index (χ0v) is 13.2. The molecule has 0 amide bonds. The van der Waals surface area contributed by atoms with Gasteiger partial charge in [-0.1, -0.05) is 24.3 Å². The van der Waals surface area contributed by atoms with E-state index in [4.69, 9.17) is 4.74 Å². The molecular weight excluding hydrogens is 296 g/mol. The number of hydrogen-bond donors (Lipinski definition) is 0. The highest BCUT2D eigenvalue weighted by atomic mass is 32.2.